The highest BCUT2D eigenvalue weighted by molar-refractivity contribution is 6.30. The average molecular weight is 264 g/mol. The van der Waals surface area contributed by atoms with E-state index in [1.807, 2.05) is 12.1 Å². The molecule has 3 rings (SSSR count). The third-order valence-corrected chi connectivity index (χ3v) is 3.19. The van der Waals surface area contributed by atoms with Gasteiger partial charge in [0.2, 0.25) is 0 Å². The summed E-state index contributed by atoms with van der Waals surface area (Å²) in [6, 6.07) is 11.9. The van der Waals surface area contributed by atoms with Crippen LogP contribution in [0.2, 0.25) is 5.02 Å². The second-order valence-corrected chi connectivity index (χ2v) is 4.64. The van der Waals surface area contributed by atoms with E-state index < -0.39 is 0 Å². The Morgan fingerprint density at radius 3 is 2.72 bits per heavy atom. The Balaban J connectivity index is 1.86. The lowest BCUT2D eigenvalue weighted by atomic mass is 10.1. The highest BCUT2D eigenvalue weighted by Gasteiger charge is 2.20. The monoisotopic (exact) mass is 263 g/mol. The maximum absolute atomic E-state index is 12.9. The normalized spacial score (nSPS) is 17.6. The SMILES string of the molecule is Fc1ccc([C@@H]2COc3cc(Cl)ccc3N2)cc1. The molecule has 1 aliphatic heterocycles. The Bertz CT molecular complexity index is 571. The Hall–Kier alpha value is -1.74. The zero-order chi connectivity index (χ0) is 12.5. The van der Waals surface area contributed by atoms with Crippen molar-refractivity contribution in [2.45, 2.75) is 6.04 Å². The summed E-state index contributed by atoms with van der Waals surface area (Å²) in [7, 11) is 0. The molecule has 0 fully saturated rings. The van der Waals surface area contributed by atoms with Crippen molar-refractivity contribution < 1.29 is 9.13 Å². The second kappa shape index (κ2) is 4.50. The predicted octanol–water partition coefficient (Wildman–Crippen LogP) is 4.02. The fourth-order valence-electron chi connectivity index (χ4n) is 2.01. The lowest BCUT2D eigenvalue weighted by Crippen LogP contribution is -2.23. The molecule has 0 amide bonds. The van der Waals surface area contributed by atoms with Crippen LogP contribution in [0.3, 0.4) is 0 Å². The summed E-state index contributed by atoms with van der Waals surface area (Å²) >= 11 is 5.90. The van der Waals surface area contributed by atoms with Gasteiger partial charge in [-0.05, 0) is 29.8 Å². The lowest BCUT2D eigenvalue weighted by Gasteiger charge is -2.27. The summed E-state index contributed by atoms with van der Waals surface area (Å²) < 4.78 is 18.5. The minimum Gasteiger partial charge on any atom is -0.489 e. The highest BCUT2D eigenvalue weighted by Crippen LogP contribution is 2.35. The molecule has 1 N–H and O–H groups in total. The molecule has 0 unspecified atom stereocenters. The molecular formula is C14H11ClFNO. The van der Waals surface area contributed by atoms with E-state index in [1.54, 1.807) is 18.2 Å². The molecule has 18 heavy (non-hydrogen) atoms. The van der Waals surface area contributed by atoms with Crippen LogP contribution in [0.15, 0.2) is 42.5 Å². The molecule has 1 heterocycles. The third-order valence-electron chi connectivity index (χ3n) is 2.95. The van der Waals surface area contributed by atoms with Gasteiger partial charge < -0.3 is 10.1 Å². The van der Waals surface area contributed by atoms with Crippen LogP contribution in [-0.2, 0) is 0 Å². The molecule has 92 valence electrons. The fraction of sp³-hybridized carbons (Fsp3) is 0.143. The van der Waals surface area contributed by atoms with Crippen molar-refractivity contribution in [1.82, 2.24) is 0 Å². The molecule has 4 heteroatoms. The Morgan fingerprint density at radius 1 is 1.17 bits per heavy atom. The number of ether oxygens (including phenoxy) is 1. The second-order valence-electron chi connectivity index (χ2n) is 4.20. The predicted molar refractivity (Wildman–Crippen MR) is 69.7 cm³/mol. The van der Waals surface area contributed by atoms with Gasteiger partial charge in [-0.3, -0.25) is 0 Å². The highest BCUT2D eigenvalue weighted by atomic mass is 35.5. The Labute approximate surface area is 109 Å². The molecular weight excluding hydrogens is 253 g/mol. The minimum absolute atomic E-state index is 0.0271. The number of rotatable bonds is 1. The standard InChI is InChI=1S/C14H11ClFNO/c15-10-3-6-12-14(7-10)18-8-13(17-12)9-1-4-11(16)5-2-9/h1-7,13,17H,8H2/t13-/m0/s1. The number of nitrogens with one attached hydrogen (secondary N) is 1. The molecule has 1 aliphatic rings. The molecule has 2 aromatic carbocycles. The van der Waals surface area contributed by atoms with Crippen molar-refractivity contribution in [3.05, 3.63) is 58.9 Å². The molecule has 0 bridgehead atoms. The van der Waals surface area contributed by atoms with E-state index in [1.165, 1.54) is 12.1 Å². The van der Waals surface area contributed by atoms with Crippen molar-refractivity contribution in [1.29, 1.82) is 0 Å². The van der Waals surface area contributed by atoms with E-state index >= 15 is 0 Å². The van der Waals surface area contributed by atoms with Crippen LogP contribution in [0, 0.1) is 5.82 Å². The molecule has 0 radical (unpaired) electrons. The first-order valence-electron chi connectivity index (χ1n) is 5.67. The smallest absolute Gasteiger partial charge is 0.144 e. The molecule has 2 nitrogen and oxygen atoms in total. The van der Waals surface area contributed by atoms with Crippen molar-refractivity contribution in [2.75, 3.05) is 11.9 Å². The number of fused-ring (bicyclic) bond motifs is 1. The van der Waals surface area contributed by atoms with E-state index in [0.717, 1.165) is 17.0 Å². The van der Waals surface area contributed by atoms with Gasteiger partial charge in [0.1, 0.15) is 18.2 Å². The van der Waals surface area contributed by atoms with E-state index in [0.29, 0.717) is 11.6 Å². The summed E-state index contributed by atoms with van der Waals surface area (Å²) in [5.41, 5.74) is 1.90. The van der Waals surface area contributed by atoms with Gasteiger partial charge in [0, 0.05) is 11.1 Å². The molecule has 0 aliphatic carbocycles. The first-order chi connectivity index (χ1) is 8.72. The van der Waals surface area contributed by atoms with E-state index in [9.17, 15) is 4.39 Å². The van der Waals surface area contributed by atoms with Gasteiger partial charge in [-0.15, -0.1) is 0 Å². The van der Waals surface area contributed by atoms with Gasteiger partial charge in [0.05, 0.1) is 11.7 Å². The number of anilines is 1. The van der Waals surface area contributed by atoms with Crippen LogP contribution < -0.4 is 10.1 Å². The summed E-state index contributed by atoms with van der Waals surface area (Å²) in [5, 5.41) is 4.00. The summed E-state index contributed by atoms with van der Waals surface area (Å²) in [4.78, 5) is 0. The molecule has 0 aromatic heterocycles. The van der Waals surface area contributed by atoms with Crippen LogP contribution in [-0.4, -0.2) is 6.61 Å². The van der Waals surface area contributed by atoms with E-state index in [2.05, 4.69) is 5.32 Å². The third kappa shape index (κ3) is 2.14. The molecule has 1 atom stereocenters. The van der Waals surface area contributed by atoms with Crippen molar-refractivity contribution >= 4 is 17.3 Å². The molecule has 2 aromatic rings. The van der Waals surface area contributed by atoms with Gasteiger partial charge >= 0.3 is 0 Å². The van der Waals surface area contributed by atoms with Crippen LogP contribution in [0.5, 0.6) is 5.75 Å². The summed E-state index contributed by atoms with van der Waals surface area (Å²) in [6.45, 7) is 0.499. The van der Waals surface area contributed by atoms with Crippen LogP contribution >= 0.6 is 11.6 Å². The molecule has 0 saturated carbocycles. The largest absolute Gasteiger partial charge is 0.489 e. The number of hydrogen-bond donors (Lipinski definition) is 1. The lowest BCUT2D eigenvalue weighted by molar-refractivity contribution is 0.286. The van der Waals surface area contributed by atoms with Gasteiger partial charge in [0.25, 0.3) is 0 Å². The first-order valence-corrected chi connectivity index (χ1v) is 6.04. The fourth-order valence-corrected chi connectivity index (χ4v) is 2.17. The van der Waals surface area contributed by atoms with E-state index in [-0.39, 0.29) is 11.9 Å². The van der Waals surface area contributed by atoms with Crippen LogP contribution in [0.4, 0.5) is 10.1 Å². The minimum atomic E-state index is -0.234. The maximum Gasteiger partial charge on any atom is 0.144 e. The first kappa shape index (κ1) is 11.4. The number of benzene rings is 2. The van der Waals surface area contributed by atoms with Gasteiger partial charge in [-0.2, -0.15) is 0 Å². The van der Waals surface area contributed by atoms with Crippen LogP contribution in [0.25, 0.3) is 0 Å². The van der Waals surface area contributed by atoms with Gasteiger partial charge in [-0.1, -0.05) is 23.7 Å². The van der Waals surface area contributed by atoms with Crippen molar-refractivity contribution in [2.24, 2.45) is 0 Å². The van der Waals surface area contributed by atoms with Crippen molar-refractivity contribution in [3.63, 3.8) is 0 Å². The van der Waals surface area contributed by atoms with Crippen molar-refractivity contribution in [3.8, 4) is 5.75 Å². The molecule has 0 spiro atoms. The summed E-state index contributed by atoms with van der Waals surface area (Å²) in [6.07, 6.45) is 0. The quantitative estimate of drug-likeness (QED) is 0.839. The Morgan fingerprint density at radius 2 is 1.94 bits per heavy atom. The number of halogens is 2. The van der Waals surface area contributed by atoms with Gasteiger partial charge in [-0.25, -0.2) is 4.39 Å². The number of hydrogen-bond acceptors (Lipinski definition) is 2. The zero-order valence-corrected chi connectivity index (χ0v) is 10.2. The topological polar surface area (TPSA) is 21.3 Å². The summed E-state index contributed by atoms with van der Waals surface area (Å²) in [5.74, 6) is 0.517. The Kier molecular flexibility index (Phi) is 2.84. The van der Waals surface area contributed by atoms with Crippen LogP contribution in [0.1, 0.15) is 11.6 Å². The van der Waals surface area contributed by atoms with E-state index in [4.69, 9.17) is 16.3 Å². The average Bonchev–Trinajstić information content (AvgIpc) is 2.39. The molecule has 0 saturated heterocycles. The zero-order valence-electron chi connectivity index (χ0n) is 9.49. The maximum atomic E-state index is 12.9. The van der Waals surface area contributed by atoms with Gasteiger partial charge in [0.15, 0.2) is 0 Å².